The number of nitrogens with one attached hydrogen (secondary N) is 2. The lowest BCUT2D eigenvalue weighted by molar-refractivity contribution is -0.148. The Morgan fingerprint density at radius 3 is 3.05 bits per heavy atom. The van der Waals surface area contributed by atoms with E-state index in [0.717, 1.165) is 11.4 Å². The highest BCUT2D eigenvalue weighted by molar-refractivity contribution is 7.09. The summed E-state index contributed by atoms with van der Waals surface area (Å²) >= 11 is 1.46. The van der Waals surface area contributed by atoms with Crippen molar-refractivity contribution >= 4 is 23.3 Å². The Bertz CT molecular complexity index is 463. The van der Waals surface area contributed by atoms with E-state index in [0.29, 0.717) is 19.4 Å². The number of rotatable bonds is 4. The van der Waals surface area contributed by atoms with E-state index in [-0.39, 0.29) is 12.1 Å². The summed E-state index contributed by atoms with van der Waals surface area (Å²) in [5.41, 5.74) is -0.863. The van der Waals surface area contributed by atoms with Gasteiger partial charge in [0.2, 0.25) is 0 Å². The summed E-state index contributed by atoms with van der Waals surface area (Å²) < 4.78 is 0. The fourth-order valence-electron chi connectivity index (χ4n) is 2.36. The fraction of sp³-hybridized carbons (Fsp3) is 0.583. The number of hydrogen-bond acceptors (Lipinski definition) is 4. The lowest BCUT2D eigenvalue weighted by Crippen LogP contribution is -2.50. The predicted octanol–water partition coefficient (Wildman–Crippen LogP) is 1.59. The molecule has 1 aliphatic carbocycles. The van der Waals surface area contributed by atoms with E-state index in [4.69, 9.17) is 0 Å². The standard InChI is InChI=1S/C12H17N3O3S/c1-12(10(16)17)4-2-3-8(12)15-11(18)14-7-9-13-5-6-19-9/h5-6,8H,2-4,7H2,1H3,(H,16,17)(H2,14,15,18). The molecule has 1 aromatic rings. The van der Waals surface area contributed by atoms with Crippen molar-refractivity contribution in [3.8, 4) is 0 Å². The van der Waals surface area contributed by atoms with Crippen LogP contribution in [0.4, 0.5) is 4.79 Å². The van der Waals surface area contributed by atoms with Gasteiger partial charge in [0.1, 0.15) is 5.01 Å². The summed E-state index contributed by atoms with van der Waals surface area (Å²) in [6, 6.07) is -0.657. The highest BCUT2D eigenvalue weighted by Crippen LogP contribution is 2.38. The van der Waals surface area contributed by atoms with Crippen LogP contribution < -0.4 is 10.6 Å². The molecule has 0 aromatic carbocycles. The molecular formula is C12H17N3O3S. The molecule has 1 heterocycles. The van der Waals surface area contributed by atoms with Gasteiger partial charge < -0.3 is 15.7 Å². The van der Waals surface area contributed by atoms with Gasteiger partial charge in [-0.2, -0.15) is 0 Å². The number of amides is 2. The van der Waals surface area contributed by atoms with Gasteiger partial charge in [-0.25, -0.2) is 9.78 Å². The Morgan fingerprint density at radius 1 is 1.63 bits per heavy atom. The van der Waals surface area contributed by atoms with Crippen LogP contribution in [0.5, 0.6) is 0 Å². The minimum absolute atomic E-state index is 0.318. The van der Waals surface area contributed by atoms with Crippen molar-refractivity contribution in [1.29, 1.82) is 0 Å². The summed E-state index contributed by atoms with van der Waals surface area (Å²) in [5.74, 6) is -0.852. The molecule has 2 amide bonds. The Balaban J connectivity index is 1.86. The Kier molecular flexibility index (Phi) is 4.04. The molecule has 0 bridgehead atoms. The third-order valence-corrected chi connectivity index (χ3v) is 4.42. The molecule has 0 radical (unpaired) electrons. The first-order chi connectivity index (χ1) is 9.02. The molecule has 6 nitrogen and oxygen atoms in total. The highest BCUT2D eigenvalue weighted by atomic mass is 32.1. The number of nitrogens with zero attached hydrogens (tertiary/aromatic N) is 1. The molecule has 0 aliphatic heterocycles. The maximum absolute atomic E-state index is 11.8. The molecule has 3 N–H and O–H groups in total. The van der Waals surface area contributed by atoms with Crippen LogP contribution in [0, 0.1) is 5.41 Å². The zero-order chi connectivity index (χ0) is 13.9. The second-order valence-corrected chi connectivity index (χ2v) is 5.90. The van der Waals surface area contributed by atoms with E-state index < -0.39 is 11.4 Å². The number of aromatic nitrogens is 1. The normalized spacial score (nSPS) is 26.1. The highest BCUT2D eigenvalue weighted by Gasteiger charge is 2.45. The van der Waals surface area contributed by atoms with Gasteiger partial charge in [-0.1, -0.05) is 6.42 Å². The van der Waals surface area contributed by atoms with Crippen LogP contribution in [-0.2, 0) is 11.3 Å². The molecule has 0 saturated heterocycles. The Hall–Kier alpha value is -1.63. The summed E-state index contributed by atoms with van der Waals surface area (Å²) in [5, 5.41) is 17.4. The molecular weight excluding hydrogens is 266 g/mol. The zero-order valence-corrected chi connectivity index (χ0v) is 11.5. The largest absolute Gasteiger partial charge is 0.481 e. The number of carboxylic acid groups (broad SMARTS) is 1. The molecule has 7 heteroatoms. The van der Waals surface area contributed by atoms with Crippen molar-refractivity contribution in [2.75, 3.05) is 0 Å². The Morgan fingerprint density at radius 2 is 2.42 bits per heavy atom. The zero-order valence-electron chi connectivity index (χ0n) is 10.7. The van der Waals surface area contributed by atoms with E-state index in [2.05, 4.69) is 15.6 Å². The minimum atomic E-state index is -0.863. The summed E-state index contributed by atoms with van der Waals surface area (Å²) in [7, 11) is 0. The van der Waals surface area contributed by atoms with Crippen molar-refractivity contribution in [3.05, 3.63) is 16.6 Å². The van der Waals surface area contributed by atoms with E-state index in [1.165, 1.54) is 11.3 Å². The molecule has 19 heavy (non-hydrogen) atoms. The predicted molar refractivity (Wildman–Crippen MR) is 70.9 cm³/mol. The lowest BCUT2D eigenvalue weighted by atomic mass is 9.85. The van der Waals surface area contributed by atoms with Crippen LogP contribution in [-0.4, -0.2) is 28.1 Å². The molecule has 2 rings (SSSR count). The van der Waals surface area contributed by atoms with Gasteiger partial charge in [0, 0.05) is 17.6 Å². The van der Waals surface area contributed by atoms with Crippen molar-refractivity contribution in [2.45, 2.75) is 38.8 Å². The van der Waals surface area contributed by atoms with Gasteiger partial charge in [0.25, 0.3) is 0 Å². The maximum Gasteiger partial charge on any atom is 0.315 e. The van der Waals surface area contributed by atoms with Crippen molar-refractivity contribution < 1.29 is 14.7 Å². The summed E-state index contributed by atoms with van der Waals surface area (Å²) in [6.07, 6.45) is 3.80. The van der Waals surface area contributed by atoms with Gasteiger partial charge in [-0.05, 0) is 19.8 Å². The number of carbonyl (C=O) groups excluding carboxylic acids is 1. The van der Waals surface area contributed by atoms with Gasteiger partial charge >= 0.3 is 12.0 Å². The third-order valence-electron chi connectivity index (χ3n) is 3.64. The third kappa shape index (κ3) is 3.04. The molecule has 1 fully saturated rings. The summed E-state index contributed by atoms with van der Waals surface area (Å²) in [4.78, 5) is 27.1. The fourth-order valence-corrected chi connectivity index (χ4v) is 2.92. The van der Waals surface area contributed by atoms with E-state index in [1.807, 2.05) is 5.38 Å². The van der Waals surface area contributed by atoms with Crippen molar-refractivity contribution in [2.24, 2.45) is 5.41 Å². The van der Waals surface area contributed by atoms with Gasteiger partial charge in [-0.15, -0.1) is 11.3 Å². The molecule has 2 unspecified atom stereocenters. The van der Waals surface area contributed by atoms with Crippen LogP contribution in [0.3, 0.4) is 0 Å². The molecule has 1 saturated carbocycles. The van der Waals surface area contributed by atoms with Gasteiger partial charge in [0.05, 0.1) is 12.0 Å². The maximum atomic E-state index is 11.8. The van der Waals surface area contributed by atoms with E-state index >= 15 is 0 Å². The van der Waals surface area contributed by atoms with E-state index in [9.17, 15) is 14.7 Å². The monoisotopic (exact) mass is 283 g/mol. The first kappa shape index (κ1) is 13.8. The van der Waals surface area contributed by atoms with Crippen molar-refractivity contribution in [3.63, 3.8) is 0 Å². The quantitative estimate of drug-likeness (QED) is 0.782. The van der Waals surface area contributed by atoms with Crippen molar-refractivity contribution in [1.82, 2.24) is 15.6 Å². The minimum Gasteiger partial charge on any atom is -0.481 e. The number of urea groups is 1. The average Bonchev–Trinajstić information content (AvgIpc) is 2.98. The lowest BCUT2D eigenvalue weighted by Gasteiger charge is -2.27. The number of carbonyl (C=O) groups is 2. The first-order valence-electron chi connectivity index (χ1n) is 6.18. The molecule has 1 aromatic heterocycles. The SMILES string of the molecule is CC1(C(=O)O)CCCC1NC(=O)NCc1nccs1. The van der Waals surface area contributed by atoms with Crippen LogP contribution in [0.1, 0.15) is 31.2 Å². The second kappa shape index (κ2) is 5.56. The summed E-state index contributed by atoms with van der Waals surface area (Å²) in [6.45, 7) is 2.05. The Labute approximate surface area is 115 Å². The van der Waals surface area contributed by atoms with Crippen LogP contribution in [0.2, 0.25) is 0 Å². The van der Waals surface area contributed by atoms with Crippen LogP contribution >= 0.6 is 11.3 Å². The molecule has 104 valence electrons. The number of aliphatic carboxylic acids is 1. The number of carboxylic acids is 1. The molecule has 0 spiro atoms. The molecule has 1 aliphatic rings. The van der Waals surface area contributed by atoms with Crippen LogP contribution in [0.15, 0.2) is 11.6 Å². The van der Waals surface area contributed by atoms with Gasteiger partial charge in [0.15, 0.2) is 0 Å². The van der Waals surface area contributed by atoms with E-state index in [1.54, 1.807) is 13.1 Å². The number of thiazole rings is 1. The number of hydrogen-bond donors (Lipinski definition) is 3. The van der Waals surface area contributed by atoms with Crippen LogP contribution in [0.25, 0.3) is 0 Å². The smallest absolute Gasteiger partial charge is 0.315 e. The van der Waals surface area contributed by atoms with Gasteiger partial charge in [-0.3, -0.25) is 4.79 Å². The topological polar surface area (TPSA) is 91.3 Å². The average molecular weight is 283 g/mol. The second-order valence-electron chi connectivity index (χ2n) is 4.92. The molecule has 2 atom stereocenters. The first-order valence-corrected chi connectivity index (χ1v) is 7.06.